The summed E-state index contributed by atoms with van der Waals surface area (Å²) in [6.45, 7) is 0.612. The van der Waals surface area contributed by atoms with Gasteiger partial charge >= 0.3 is 6.36 Å². The molecular weight excluding hydrogens is 259 g/mol. The van der Waals surface area contributed by atoms with Crippen LogP contribution in [0.2, 0.25) is 0 Å². The molecule has 1 saturated carbocycles. The lowest BCUT2D eigenvalue weighted by molar-refractivity contribution is -0.274. The van der Waals surface area contributed by atoms with Crippen molar-refractivity contribution < 1.29 is 23.0 Å². The highest BCUT2D eigenvalue weighted by Gasteiger charge is 2.32. The Morgan fingerprint density at radius 1 is 1.32 bits per heavy atom. The van der Waals surface area contributed by atoms with Gasteiger partial charge < -0.3 is 15.2 Å². The highest BCUT2D eigenvalue weighted by Crippen LogP contribution is 2.32. The Kier molecular flexibility index (Phi) is 4.31. The number of nitrogens with one attached hydrogen (secondary N) is 1. The highest BCUT2D eigenvalue weighted by molar-refractivity contribution is 5.33. The van der Waals surface area contributed by atoms with E-state index in [-0.39, 0.29) is 12.3 Å². The molecule has 0 aliphatic heterocycles. The smallest absolute Gasteiger partial charge is 0.405 e. The van der Waals surface area contributed by atoms with Gasteiger partial charge in [0.15, 0.2) is 0 Å². The number of rotatable bonds is 6. The van der Waals surface area contributed by atoms with E-state index < -0.39 is 12.5 Å². The molecule has 0 bridgehead atoms. The van der Waals surface area contributed by atoms with Crippen LogP contribution in [0.3, 0.4) is 0 Å². The molecule has 0 heterocycles. The molecule has 1 aliphatic carbocycles. The maximum Gasteiger partial charge on any atom is 0.573 e. The molecule has 2 rings (SSSR count). The molecule has 106 valence electrons. The third-order valence-electron chi connectivity index (χ3n) is 3.03. The number of ether oxygens (including phenoxy) is 1. The SMILES string of the molecule is OC(CNCc1ccccc1OC(F)(F)F)C1CC1. The Labute approximate surface area is 109 Å². The number of hydrogen-bond donors (Lipinski definition) is 2. The fourth-order valence-corrected chi connectivity index (χ4v) is 1.88. The van der Waals surface area contributed by atoms with E-state index in [4.69, 9.17) is 0 Å². The molecule has 2 N–H and O–H groups in total. The van der Waals surface area contributed by atoms with E-state index in [0.717, 1.165) is 12.8 Å². The fraction of sp³-hybridized carbons (Fsp3) is 0.538. The molecule has 0 spiro atoms. The molecule has 0 radical (unpaired) electrons. The molecule has 0 aromatic heterocycles. The number of halogens is 3. The summed E-state index contributed by atoms with van der Waals surface area (Å²) in [4.78, 5) is 0. The minimum Gasteiger partial charge on any atom is -0.405 e. The van der Waals surface area contributed by atoms with Gasteiger partial charge in [-0.05, 0) is 24.8 Å². The maximum atomic E-state index is 12.2. The van der Waals surface area contributed by atoms with Crippen molar-refractivity contribution in [2.75, 3.05) is 6.54 Å². The van der Waals surface area contributed by atoms with Gasteiger partial charge in [-0.1, -0.05) is 18.2 Å². The minimum atomic E-state index is -4.69. The first-order chi connectivity index (χ1) is 8.96. The van der Waals surface area contributed by atoms with Gasteiger partial charge in [-0.25, -0.2) is 0 Å². The van der Waals surface area contributed by atoms with Crippen LogP contribution < -0.4 is 10.1 Å². The van der Waals surface area contributed by atoms with Crippen LogP contribution in [0.1, 0.15) is 18.4 Å². The fourth-order valence-electron chi connectivity index (χ4n) is 1.88. The largest absolute Gasteiger partial charge is 0.573 e. The molecule has 1 aliphatic rings. The standard InChI is InChI=1S/C13H16F3NO2/c14-13(15,16)19-12-4-2-1-3-10(12)7-17-8-11(18)9-5-6-9/h1-4,9,11,17-18H,5-8H2. The van der Waals surface area contributed by atoms with Crippen LogP contribution >= 0.6 is 0 Å². The van der Waals surface area contributed by atoms with E-state index in [9.17, 15) is 18.3 Å². The van der Waals surface area contributed by atoms with E-state index >= 15 is 0 Å². The lowest BCUT2D eigenvalue weighted by Crippen LogP contribution is -2.28. The first-order valence-electron chi connectivity index (χ1n) is 6.18. The minimum absolute atomic E-state index is 0.205. The number of benzene rings is 1. The molecule has 3 nitrogen and oxygen atoms in total. The average molecular weight is 275 g/mol. The van der Waals surface area contributed by atoms with Crippen molar-refractivity contribution in [3.63, 3.8) is 0 Å². The summed E-state index contributed by atoms with van der Waals surface area (Å²) in [6.07, 6.45) is -3.06. The molecule has 0 amide bonds. The molecule has 0 saturated heterocycles. The van der Waals surface area contributed by atoms with Gasteiger partial charge in [0.2, 0.25) is 0 Å². The summed E-state index contributed by atoms with van der Waals surface area (Å²) in [5.74, 6) is 0.137. The van der Waals surface area contributed by atoms with Gasteiger partial charge in [0, 0.05) is 18.7 Å². The zero-order valence-corrected chi connectivity index (χ0v) is 10.3. The first kappa shape index (κ1) is 14.1. The van der Waals surface area contributed by atoms with Gasteiger partial charge in [-0.15, -0.1) is 13.2 Å². The Hall–Kier alpha value is -1.27. The summed E-state index contributed by atoms with van der Waals surface area (Å²) in [5, 5.41) is 12.6. The topological polar surface area (TPSA) is 41.5 Å². The molecule has 6 heteroatoms. The van der Waals surface area contributed by atoms with Crippen LogP contribution in [0.5, 0.6) is 5.75 Å². The van der Waals surface area contributed by atoms with Crippen molar-refractivity contribution in [1.29, 1.82) is 0 Å². The van der Waals surface area contributed by atoms with Gasteiger partial charge in [0.1, 0.15) is 5.75 Å². The van der Waals surface area contributed by atoms with Crippen LogP contribution in [0, 0.1) is 5.92 Å². The second kappa shape index (κ2) is 5.79. The van der Waals surface area contributed by atoms with Crippen molar-refractivity contribution in [1.82, 2.24) is 5.32 Å². The Bertz CT molecular complexity index is 419. The third-order valence-corrected chi connectivity index (χ3v) is 3.03. The van der Waals surface area contributed by atoms with E-state index in [1.54, 1.807) is 12.1 Å². The molecule has 1 fully saturated rings. The van der Waals surface area contributed by atoms with Crippen LogP contribution in [0.15, 0.2) is 24.3 Å². The zero-order chi connectivity index (χ0) is 13.9. The Morgan fingerprint density at radius 3 is 2.63 bits per heavy atom. The molecule has 1 unspecified atom stereocenters. The second-order valence-electron chi connectivity index (χ2n) is 4.69. The third kappa shape index (κ3) is 4.72. The van der Waals surface area contributed by atoms with Crippen LogP contribution in [-0.4, -0.2) is 24.1 Å². The van der Waals surface area contributed by atoms with Gasteiger partial charge in [0.25, 0.3) is 0 Å². The van der Waals surface area contributed by atoms with E-state index in [2.05, 4.69) is 10.1 Å². The van der Waals surface area contributed by atoms with Crippen molar-refractivity contribution in [2.45, 2.75) is 31.9 Å². The average Bonchev–Trinajstić information content (AvgIpc) is 3.13. The monoisotopic (exact) mass is 275 g/mol. The first-order valence-corrected chi connectivity index (χ1v) is 6.18. The van der Waals surface area contributed by atoms with E-state index in [0.29, 0.717) is 18.0 Å². The highest BCUT2D eigenvalue weighted by atomic mass is 19.4. The molecule has 1 atom stereocenters. The van der Waals surface area contributed by atoms with Crippen molar-refractivity contribution in [3.05, 3.63) is 29.8 Å². The van der Waals surface area contributed by atoms with E-state index in [1.165, 1.54) is 12.1 Å². The lowest BCUT2D eigenvalue weighted by atomic mass is 10.2. The molecule has 19 heavy (non-hydrogen) atoms. The lowest BCUT2D eigenvalue weighted by Gasteiger charge is -2.15. The van der Waals surface area contributed by atoms with Crippen molar-refractivity contribution >= 4 is 0 Å². The van der Waals surface area contributed by atoms with Gasteiger partial charge in [-0.3, -0.25) is 0 Å². The summed E-state index contributed by atoms with van der Waals surface area (Å²) < 4.78 is 40.6. The van der Waals surface area contributed by atoms with Gasteiger partial charge in [-0.2, -0.15) is 0 Å². The second-order valence-corrected chi connectivity index (χ2v) is 4.69. The normalized spacial score (nSPS) is 17.3. The predicted octanol–water partition coefficient (Wildman–Crippen LogP) is 2.45. The Morgan fingerprint density at radius 2 is 2.00 bits per heavy atom. The number of alkyl halides is 3. The predicted molar refractivity (Wildman–Crippen MR) is 63.6 cm³/mol. The Balaban J connectivity index is 1.88. The van der Waals surface area contributed by atoms with Crippen LogP contribution in [0.4, 0.5) is 13.2 Å². The van der Waals surface area contributed by atoms with E-state index in [1.807, 2.05) is 0 Å². The molecular formula is C13H16F3NO2. The quantitative estimate of drug-likeness (QED) is 0.838. The number of hydrogen-bond acceptors (Lipinski definition) is 3. The summed E-state index contributed by atoms with van der Waals surface area (Å²) >= 11 is 0. The van der Waals surface area contributed by atoms with Crippen molar-refractivity contribution in [2.24, 2.45) is 5.92 Å². The van der Waals surface area contributed by atoms with Crippen LogP contribution in [0.25, 0.3) is 0 Å². The summed E-state index contributed by atoms with van der Waals surface area (Å²) in [5.41, 5.74) is 0.419. The molecule has 1 aromatic rings. The zero-order valence-electron chi connectivity index (χ0n) is 10.3. The molecule has 1 aromatic carbocycles. The number of aliphatic hydroxyl groups is 1. The number of para-hydroxylation sites is 1. The maximum absolute atomic E-state index is 12.2. The summed E-state index contributed by atoms with van der Waals surface area (Å²) in [6, 6.07) is 5.99. The number of aliphatic hydroxyl groups excluding tert-OH is 1. The van der Waals surface area contributed by atoms with Gasteiger partial charge in [0.05, 0.1) is 6.10 Å². The summed E-state index contributed by atoms with van der Waals surface area (Å²) in [7, 11) is 0. The van der Waals surface area contributed by atoms with Crippen molar-refractivity contribution in [3.8, 4) is 5.75 Å². The van der Waals surface area contributed by atoms with Crippen LogP contribution in [-0.2, 0) is 6.54 Å².